The average molecular weight is 641 g/mol. The minimum absolute atomic E-state index is 0.0893. The SMILES string of the molecule is CO[C@H]1CC(C)(C)C(/C=C/C(C)=C/C=C/C(C)=C/C=C/C=C(C)/C=C/C=C(C)/C=C/C=C(C)/C=C\[C@H](OC)C(C)(C)OC)=C(C)C1=O. The van der Waals surface area contributed by atoms with Crippen LogP contribution in [0.1, 0.15) is 75.7 Å². The lowest BCUT2D eigenvalue weighted by atomic mass is 9.71. The maximum Gasteiger partial charge on any atom is 0.187 e. The molecule has 0 fully saturated rings. The molecular formula is C43H60O4. The third kappa shape index (κ3) is 15.3. The molecule has 256 valence electrons. The minimum atomic E-state index is -0.385. The summed E-state index contributed by atoms with van der Waals surface area (Å²) >= 11 is 0. The molecule has 0 bridgehead atoms. The molecular weight excluding hydrogens is 580 g/mol. The van der Waals surface area contributed by atoms with Gasteiger partial charge in [-0.15, -0.1) is 0 Å². The predicted molar refractivity (Wildman–Crippen MR) is 202 cm³/mol. The van der Waals surface area contributed by atoms with E-state index in [-0.39, 0.29) is 29.0 Å². The molecule has 0 aliphatic heterocycles. The summed E-state index contributed by atoms with van der Waals surface area (Å²) in [5, 5.41) is 0. The van der Waals surface area contributed by atoms with E-state index < -0.39 is 0 Å². The molecule has 2 atom stereocenters. The molecule has 0 aromatic heterocycles. The van der Waals surface area contributed by atoms with Gasteiger partial charge in [0.05, 0.1) is 5.60 Å². The van der Waals surface area contributed by atoms with Crippen molar-refractivity contribution < 1.29 is 19.0 Å². The van der Waals surface area contributed by atoms with E-state index in [1.165, 1.54) is 11.1 Å². The van der Waals surface area contributed by atoms with Crippen LogP contribution in [0.5, 0.6) is 0 Å². The lowest BCUT2D eigenvalue weighted by Crippen LogP contribution is -2.38. The molecule has 1 aliphatic carbocycles. The van der Waals surface area contributed by atoms with Crippen LogP contribution in [0.4, 0.5) is 0 Å². The number of hydrogen-bond acceptors (Lipinski definition) is 4. The van der Waals surface area contributed by atoms with Crippen LogP contribution in [0.3, 0.4) is 0 Å². The Bertz CT molecular complexity index is 1420. The van der Waals surface area contributed by atoms with Crippen molar-refractivity contribution in [2.24, 2.45) is 5.41 Å². The Kier molecular flexibility index (Phi) is 18.2. The molecule has 0 heterocycles. The van der Waals surface area contributed by atoms with Crippen molar-refractivity contribution in [3.8, 4) is 0 Å². The number of methoxy groups -OCH3 is 3. The minimum Gasteiger partial charge on any atom is -0.376 e. The van der Waals surface area contributed by atoms with Crippen molar-refractivity contribution in [1.82, 2.24) is 0 Å². The van der Waals surface area contributed by atoms with Gasteiger partial charge in [-0.25, -0.2) is 0 Å². The van der Waals surface area contributed by atoms with E-state index in [0.717, 1.165) is 27.9 Å². The molecule has 0 radical (unpaired) electrons. The van der Waals surface area contributed by atoms with Gasteiger partial charge in [-0.3, -0.25) is 4.79 Å². The van der Waals surface area contributed by atoms with Gasteiger partial charge in [-0.05, 0) is 78.4 Å². The summed E-state index contributed by atoms with van der Waals surface area (Å²) in [6.07, 6.45) is 35.5. The number of rotatable bonds is 16. The van der Waals surface area contributed by atoms with Crippen molar-refractivity contribution in [3.05, 3.63) is 142 Å². The molecule has 0 spiro atoms. The monoisotopic (exact) mass is 640 g/mol. The van der Waals surface area contributed by atoms with Gasteiger partial charge >= 0.3 is 0 Å². The van der Waals surface area contributed by atoms with E-state index in [0.29, 0.717) is 6.42 Å². The normalized spacial score (nSPS) is 20.6. The highest BCUT2D eigenvalue weighted by Gasteiger charge is 2.37. The largest absolute Gasteiger partial charge is 0.376 e. The number of hydrogen-bond donors (Lipinski definition) is 0. The Morgan fingerprint density at radius 1 is 0.723 bits per heavy atom. The van der Waals surface area contributed by atoms with Crippen molar-refractivity contribution in [3.63, 3.8) is 0 Å². The number of carbonyl (C=O) groups excluding carboxylic acids is 1. The number of carbonyl (C=O) groups is 1. The Labute approximate surface area is 286 Å². The predicted octanol–water partition coefficient (Wildman–Crippen LogP) is 10.8. The van der Waals surface area contributed by atoms with Gasteiger partial charge in [0.2, 0.25) is 0 Å². The van der Waals surface area contributed by atoms with E-state index in [2.05, 4.69) is 146 Å². The summed E-state index contributed by atoms with van der Waals surface area (Å²) in [7, 11) is 5.01. The molecule has 0 saturated heterocycles. The summed E-state index contributed by atoms with van der Waals surface area (Å²) in [6, 6.07) is 0. The summed E-state index contributed by atoms with van der Waals surface area (Å²) < 4.78 is 16.5. The fraction of sp³-hybridized carbons (Fsp3) is 0.419. The second-order valence-corrected chi connectivity index (χ2v) is 13.4. The first kappa shape index (κ1) is 41.5. The van der Waals surface area contributed by atoms with Crippen molar-refractivity contribution >= 4 is 5.78 Å². The Hall–Kier alpha value is -3.57. The molecule has 0 unspecified atom stereocenters. The lowest BCUT2D eigenvalue weighted by molar-refractivity contribution is -0.127. The van der Waals surface area contributed by atoms with Crippen LogP contribution in [-0.2, 0) is 19.0 Å². The first-order chi connectivity index (χ1) is 22.1. The third-order valence-corrected chi connectivity index (χ3v) is 8.27. The third-order valence-electron chi connectivity index (χ3n) is 8.27. The first-order valence-electron chi connectivity index (χ1n) is 16.4. The summed E-state index contributed by atoms with van der Waals surface area (Å²) in [6.45, 7) is 20.7. The maximum atomic E-state index is 12.6. The number of allylic oxidation sites excluding steroid dienone is 22. The quantitative estimate of drug-likeness (QED) is 0.158. The molecule has 0 amide bonds. The van der Waals surface area contributed by atoms with Crippen LogP contribution in [0.25, 0.3) is 0 Å². The lowest BCUT2D eigenvalue weighted by Gasteiger charge is -2.36. The van der Waals surface area contributed by atoms with Crippen LogP contribution >= 0.6 is 0 Å². The van der Waals surface area contributed by atoms with Gasteiger partial charge in [-0.1, -0.05) is 145 Å². The fourth-order valence-electron chi connectivity index (χ4n) is 5.00. The molecule has 1 aliphatic rings. The fourth-order valence-corrected chi connectivity index (χ4v) is 5.00. The highest BCUT2D eigenvalue weighted by molar-refractivity contribution is 6.00. The number of ketones is 1. The van der Waals surface area contributed by atoms with Crippen molar-refractivity contribution in [2.75, 3.05) is 21.3 Å². The molecule has 0 N–H and O–H groups in total. The van der Waals surface area contributed by atoms with E-state index in [1.54, 1.807) is 21.3 Å². The van der Waals surface area contributed by atoms with E-state index >= 15 is 0 Å². The van der Waals surface area contributed by atoms with Crippen LogP contribution in [-0.4, -0.2) is 44.9 Å². The van der Waals surface area contributed by atoms with Gasteiger partial charge in [0.1, 0.15) is 12.2 Å². The zero-order chi connectivity index (χ0) is 35.6. The second kappa shape index (κ2) is 20.6. The van der Waals surface area contributed by atoms with E-state index in [4.69, 9.17) is 14.2 Å². The highest BCUT2D eigenvalue weighted by atomic mass is 16.5. The first-order valence-corrected chi connectivity index (χ1v) is 16.4. The topological polar surface area (TPSA) is 44.8 Å². The molecule has 4 nitrogen and oxygen atoms in total. The zero-order valence-electron chi connectivity index (χ0n) is 31.3. The Balaban J connectivity index is 2.70. The average Bonchev–Trinajstić information content (AvgIpc) is 3.01. The molecule has 0 aromatic rings. The number of ether oxygens (including phenoxy) is 3. The standard InChI is InChI=1S/C43H60O4/c1-32(21-16-23-34(3)24-18-26-36(5)28-30-40(46-12)43(9,10)47-13)19-14-15-20-33(2)22-17-25-35(4)27-29-38-37(6)41(44)39(45-11)31-42(38,7)8/h14-30,39-40H,31H2,1-13H3/b15-14+,21-16+,22-17+,24-18+,29-27+,30-28-,32-19+,33-20+,34-23+,35-25+,36-26+/t39-,40-/m0/s1. The summed E-state index contributed by atoms with van der Waals surface area (Å²) in [5.41, 5.74) is 7.13. The van der Waals surface area contributed by atoms with Crippen LogP contribution < -0.4 is 0 Å². The summed E-state index contributed by atoms with van der Waals surface area (Å²) in [5.74, 6) is 0.0893. The van der Waals surface area contributed by atoms with E-state index in [9.17, 15) is 4.79 Å². The van der Waals surface area contributed by atoms with Gasteiger partial charge in [-0.2, -0.15) is 0 Å². The van der Waals surface area contributed by atoms with Crippen LogP contribution in [0.15, 0.2) is 142 Å². The zero-order valence-corrected chi connectivity index (χ0v) is 31.3. The molecule has 0 saturated carbocycles. The van der Waals surface area contributed by atoms with Gasteiger partial charge in [0.15, 0.2) is 5.78 Å². The molecule has 4 heteroatoms. The summed E-state index contributed by atoms with van der Waals surface area (Å²) in [4.78, 5) is 12.6. The van der Waals surface area contributed by atoms with Crippen LogP contribution in [0.2, 0.25) is 0 Å². The molecule has 1 rings (SSSR count). The van der Waals surface area contributed by atoms with E-state index in [1.807, 2.05) is 26.8 Å². The second-order valence-electron chi connectivity index (χ2n) is 13.4. The number of Topliss-reactive ketones (excluding diaryl/α,β-unsaturated/α-hetero) is 1. The Morgan fingerprint density at radius 2 is 1.15 bits per heavy atom. The van der Waals surface area contributed by atoms with Gasteiger partial charge in [0.25, 0.3) is 0 Å². The maximum absolute atomic E-state index is 12.6. The molecule has 0 aromatic carbocycles. The van der Waals surface area contributed by atoms with Crippen molar-refractivity contribution in [1.29, 1.82) is 0 Å². The Morgan fingerprint density at radius 3 is 1.57 bits per heavy atom. The highest BCUT2D eigenvalue weighted by Crippen LogP contribution is 2.40. The van der Waals surface area contributed by atoms with Crippen LogP contribution in [0, 0.1) is 5.41 Å². The van der Waals surface area contributed by atoms with Gasteiger partial charge in [0, 0.05) is 21.3 Å². The van der Waals surface area contributed by atoms with Gasteiger partial charge < -0.3 is 14.2 Å². The smallest absolute Gasteiger partial charge is 0.187 e. The molecule has 47 heavy (non-hydrogen) atoms. The van der Waals surface area contributed by atoms with Crippen molar-refractivity contribution in [2.45, 2.75) is 93.5 Å².